The SMILES string of the molecule is CC(C)CN(CC(O)C(Cc1ccccc1)NC(=O)C(CC(N)=O)NC(=O)Nc1ccc2ccccc2n1)C(=O)NC(C)(C)C. The molecule has 0 fully saturated rings. The number of rotatable bonds is 13. The van der Waals surface area contributed by atoms with Crippen molar-refractivity contribution in [2.75, 3.05) is 18.4 Å². The highest BCUT2D eigenvalue weighted by molar-refractivity contribution is 5.96. The van der Waals surface area contributed by atoms with Crippen LogP contribution < -0.4 is 27.0 Å². The number of nitrogens with two attached hydrogens (primary N) is 1. The van der Waals surface area contributed by atoms with E-state index in [-0.39, 0.29) is 30.7 Å². The second-order valence-corrected chi connectivity index (χ2v) is 12.6. The molecule has 12 nitrogen and oxygen atoms in total. The van der Waals surface area contributed by atoms with E-state index in [2.05, 4.69) is 26.3 Å². The topological polar surface area (TPSA) is 179 Å². The molecule has 3 atom stereocenters. The Bertz CT molecular complexity index is 1460. The Kier molecular flexibility index (Phi) is 12.2. The highest BCUT2D eigenvalue weighted by Gasteiger charge is 2.31. The average molecular weight is 620 g/mol. The number of benzene rings is 2. The maximum atomic E-state index is 13.6. The Morgan fingerprint density at radius 2 is 1.58 bits per heavy atom. The lowest BCUT2D eigenvalue weighted by molar-refractivity contribution is -0.128. The van der Waals surface area contributed by atoms with Crippen LogP contribution >= 0.6 is 0 Å². The smallest absolute Gasteiger partial charge is 0.321 e. The van der Waals surface area contributed by atoms with E-state index in [4.69, 9.17) is 5.73 Å². The molecule has 242 valence electrons. The van der Waals surface area contributed by atoms with Gasteiger partial charge in [-0.25, -0.2) is 14.6 Å². The van der Waals surface area contributed by atoms with E-state index in [9.17, 15) is 24.3 Å². The lowest BCUT2D eigenvalue weighted by Crippen LogP contribution is -2.58. The predicted octanol–water partition coefficient (Wildman–Crippen LogP) is 3.15. The molecule has 0 aliphatic carbocycles. The van der Waals surface area contributed by atoms with E-state index in [0.29, 0.717) is 12.1 Å². The minimum Gasteiger partial charge on any atom is -0.389 e. The van der Waals surface area contributed by atoms with Crippen molar-refractivity contribution < 1.29 is 24.3 Å². The Hall–Kier alpha value is -4.71. The first-order chi connectivity index (χ1) is 21.2. The van der Waals surface area contributed by atoms with Gasteiger partial charge in [0.15, 0.2) is 0 Å². The van der Waals surface area contributed by atoms with Crippen LogP contribution in [0.15, 0.2) is 66.7 Å². The molecule has 0 aliphatic heterocycles. The summed E-state index contributed by atoms with van der Waals surface area (Å²) in [5.41, 5.74) is 6.43. The summed E-state index contributed by atoms with van der Waals surface area (Å²) >= 11 is 0. The average Bonchev–Trinajstić information content (AvgIpc) is 2.95. The van der Waals surface area contributed by atoms with Crippen LogP contribution in [0.1, 0.15) is 46.6 Å². The van der Waals surface area contributed by atoms with Crippen LogP contribution in [-0.2, 0) is 16.0 Å². The number of nitrogens with zero attached hydrogens (tertiary/aromatic N) is 2. The van der Waals surface area contributed by atoms with E-state index in [1.165, 1.54) is 4.90 Å². The van der Waals surface area contributed by atoms with Crippen LogP contribution in [-0.4, -0.2) is 75.7 Å². The van der Waals surface area contributed by atoms with E-state index in [1.54, 1.807) is 18.2 Å². The molecule has 7 N–H and O–H groups in total. The fourth-order valence-corrected chi connectivity index (χ4v) is 4.73. The molecule has 1 aromatic heterocycles. The number of para-hydroxylation sites is 1. The van der Waals surface area contributed by atoms with Crippen LogP contribution in [0.2, 0.25) is 0 Å². The van der Waals surface area contributed by atoms with Crippen LogP contribution in [0.4, 0.5) is 15.4 Å². The first kappa shape index (κ1) is 34.8. The zero-order valence-corrected chi connectivity index (χ0v) is 26.5. The van der Waals surface area contributed by atoms with Crippen molar-refractivity contribution in [1.29, 1.82) is 0 Å². The third-order valence-corrected chi connectivity index (χ3v) is 6.72. The number of hydrogen-bond donors (Lipinski definition) is 6. The van der Waals surface area contributed by atoms with Crippen molar-refractivity contribution in [2.24, 2.45) is 11.7 Å². The monoisotopic (exact) mass is 619 g/mol. The Labute approximate surface area is 264 Å². The first-order valence-corrected chi connectivity index (χ1v) is 15.0. The minimum absolute atomic E-state index is 0.0695. The van der Waals surface area contributed by atoms with Crippen molar-refractivity contribution in [2.45, 2.75) is 71.2 Å². The molecule has 6 amide bonds. The largest absolute Gasteiger partial charge is 0.389 e. The first-order valence-electron chi connectivity index (χ1n) is 15.0. The summed E-state index contributed by atoms with van der Waals surface area (Å²) in [5, 5.41) is 23.1. The summed E-state index contributed by atoms with van der Waals surface area (Å²) in [5.74, 6) is -1.16. The molecule has 3 unspecified atom stereocenters. The number of amides is 6. The second kappa shape index (κ2) is 15.8. The zero-order valence-electron chi connectivity index (χ0n) is 26.5. The van der Waals surface area contributed by atoms with E-state index < -0.39 is 48.0 Å². The van der Waals surface area contributed by atoms with Crippen LogP contribution in [0, 0.1) is 5.92 Å². The summed E-state index contributed by atoms with van der Waals surface area (Å²) in [4.78, 5) is 57.4. The highest BCUT2D eigenvalue weighted by Crippen LogP contribution is 2.15. The lowest BCUT2D eigenvalue weighted by Gasteiger charge is -2.34. The van der Waals surface area contributed by atoms with Gasteiger partial charge >= 0.3 is 12.1 Å². The van der Waals surface area contributed by atoms with Gasteiger partial charge in [0.2, 0.25) is 11.8 Å². The van der Waals surface area contributed by atoms with E-state index in [1.807, 2.05) is 83.1 Å². The number of primary amides is 1. The number of carbonyl (C=O) groups is 4. The summed E-state index contributed by atoms with van der Waals surface area (Å²) in [7, 11) is 0. The maximum Gasteiger partial charge on any atom is 0.321 e. The third-order valence-electron chi connectivity index (χ3n) is 6.72. The fraction of sp³-hybridized carbons (Fsp3) is 0.424. The number of aliphatic hydroxyl groups is 1. The van der Waals surface area contributed by atoms with Crippen molar-refractivity contribution >= 4 is 40.6 Å². The molecule has 0 bridgehead atoms. The molecular formula is C33H45N7O5. The maximum absolute atomic E-state index is 13.6. The molecular weight excluding hydrogens is 574 g/mol. The van der Waals surface area contributed by atoms with Crippen molar-refractivity contribution in [3.05, 3.63) is 72.3 Å². The fourth-order valence-electron chi connectivity index (χ4n) is 4.73. The molecule has 0 aliphatic rings. The molecule has 1 heterocycles. The summed E-state index contributed by atoms with van der Waals surface area (Å²) < 4.78 is 0. The molecule has 0 saturated carbocycles. The quantitative estimate of drug-likeness (QED) is 0.171. The van der Waals surface area contributed by atoms with Gasteiger partial charge in [0.1, 0.15) is 11.9 Å². The van der Waals surface area contributed by atoms with Gasteiger partial charge in [-0.05, 0) is 56.9 Å². The van der Waals surface area contributed by atoms with Crippen LogP contribution in [0.25, 0.3) is 10.9 Å². The van der Waals surface area contributed by atoms with Crippen molar-refractivity contribution in [3.63, 3.8) is 0 Å². The number of anilines is 1. The number of pyridine rings is 1. The number of aromatic nitrogens is 1. The number of aliphatic hydroxyl groups excluding tert-OH is 1. The molecule has 3 rings (SSSR count). The Balaban J connectivity index is 1.79. The third kappa shape index (κ3) is 11.7. The van der Waals surface area contributed by atoms with Gasteiger partial charge in [0.25, 0.3) is 0 Å². The molecule has 0 spiro atoms. The van der Waals surface area contributed by atoms with Crippen LogP contribution in [0.5, 0.6) is 0 Å². The number of fused-ring (bicyclic) bond motifs is 1. The number of carbonyl (C=O) groups excluding carboxylic acids is 4. The van der Waals surface area contributed by atoms with Gasteiger partial charge in [-0.1, -0.05) is 62.4 Å². The molecule has 0 saturated heterocycles. The van der Waals surface area contributed by atoms with Gasteiger partial charge < -0.3 is 31.7 Å². The molecule has 2 aromatic carbocycles. The van der Waals surface area contributed by atoms with Gasteiger partial charge in [0.05, 0.1) is 30.6 Å². The summed E-state index contributed by atoms with van der Waals surface area (Å²) in [6.45, 7) is 9.83. The number of nitrogens with one attached hydrogen (secondary N) is 4. The molecule has 3 aromatic rings. The predicted molar refractivity (Wildman–Crippen MR) is 174 cm³/mol. The van der Waals surface area contributed by atoms with Gasteiger partial charge in [-0.2, -0.15) is 0 Å². The van der Waals surface area contributed by atoms with Gasteiger partial charge in [-0.15, -0.1) is 0 Å². The molecule has 45 heavy (non-hydrogen) atoms. The Morgan fingerprint density at radius 3 is 2.22 bits per heavy atom. The molecule has 0 radical (unpaired) electrons. The van der Waals surface area contributed by atoms with Crippen LogP contribution in [0.3, 0.4) is 0 Å². The van der Waals surface area contributed by atoms with E-state index in [0.717, 1.165) is 10.9 Å². The van der Waals surface area contributed by atoms with Crippen molar-refractivity contribution in [3.8, 4) is 0 Å². The van der Waals surface area contributed by atoms with Gasteiger partial charge in [0, 0.05) is 17.5 Å². The second-order valence-electron chi connectivity index (χ2n) is 12.6. The number of hydrogen-bond acceptors (Lipinski definition) is 6. The van der Waals surface area contributed by atoms with Crippen molar-refractivity contribution in [1.82, 2.24) is 25.8 Å². The lowest BCUT2D eigenvalue weighted by atomic mass is 9.99. The normalized spacial score (nSPS) is 13.4. The van der Waals surface area contributed by atoms with Gasteiger partial charge in [-0.3, -0.25) is 14.9 Å². The highest BCUT2D eigenvalue weighted by atomic mass is 16.3. The summed E-state index contributed by atoms with van der Waals surface area (Å²) in [6, 6.07) is 16.7. The molecule has 12 heteroatoms. The number of urea groups is 2. The standard InChI is InChI=1S/C33H45N7O5/c1-21(2)19-40(32(45)39-33(3,4)5)20-27(41)25(17-22-11-7-6-8-12-22)36-30(43)26(18-28(34)42)37-31(44)38-29-16-15-23-13-9-10-14-24(23)35-29/h6-16,21,25-27,41H,17-20H2,1-5H3,(H2,34,42)(H,36,43)(H,39,45)(H2,35,37,38,44). The van der Waals surface area contributed by atoms with E-state index >= 15 is 0 Å². The Morgan fingerprint density at radius 1 is 0.911 bits per heavy atom. The minimum atomic E-state index is -1.34. The summed E-state index contributed by atoms with van der Waals surface area (Å²) in [6.07, 6.45) is -1.45. The zero-order chi connectivity index (χ0) is 33.1.